The Morgan fingerprint density at radius 2 is 0.831 bits per heavy atom. The van der Waals surface area contributed by atoms with Crippen LogP contribution in [0.2, 0.25) is 0 Å². The van der Waals surface area contributed by atoms with E-state index in [9.17, 15) is 35.1 Å². The van der Waals surface area contributed by atoms with Crippen LogP contribution in [-0.2, 0) is 23.8 Å². The highest BCUT2D eigenvalue weighted by Crippen LogP contribution is 2.23. The molecule has 0 radical (unpaired) electrons. The van der Waals surface area contributed by atoms with Crippen molar-refractivity contribution < 1.29 is 49.3 Å². The minimum Gasteiger partial charge on any atom is -0.466 e. The van der Waals surface area contributed by atoms with Gasteiger partial charge in [0.2, 0.25) is 5.91 Å². The third-order valence-corrected chi connectivity index (χ3v) is 16.0. The molecule has 0 aliphatic carbocycles. The van der Waals surface area contributed by atoms with E-state index in [2.05, 4.69) is 79.9 Å². The third kappa shape index (κ3) is 49.9. The molecule has 0 spiro atoms. The molecule has 0 aromatic rings. The van der Waals surface area contributed by atoms with E-state index >= 15 is 0 Å². The summed E-state index contributed by atoms with van der Waals surface area (Å²) < 4.78 is 16.7. The van der Waals surface area contributed by atoms with Gasteiger partial charge in [-0.1, -0.05) is 267 Å². The molecule has 7 unspecified atom stereocenters. The van der Waals surface area contributed by atoms with E-state index in [-0.39, 0.29) is 18.5 Å². The quantitative estimate of drug-likeness (QED) is 0.0195. The van der Waals surface area contributed by atoms with Crippen molar-refractivity contribution in [1.82, 2.24) is 5.32 Å². The van der Waals surface area contributed by atoms with Crippen LogP contribution in [0.15, 0.2) is 72.9 Å². The van der Waals surface area contributed by atoms with Crippen molar-refractivity contribution in [2.24, 2.45) is 0 Å². The summed E-state index contributed by atoms with van der Waals surface area (Å²) >= 11 is 0. The number of ether oxygens (including phenoxy) is 3. The fourth-order valence-electron chi connectivity index (χ4n) is 10.5. The molecule has 482 valence electrons. The number of amides is 1. The van der Waals surface area contributed by atoms with Gasteiger partial charge in [0.25, 0.3) is 0 Å². The van der Waals surface area contributed by atoms with Gasteiger partial charge in [-0.25, -0.2) is 0 Å². The van der Waals surface area contributed by atoms with Crippen molar-refractivity contribution in [2.75, 3.05) is 19.8 Å². The molecule has 0 bridgehead atoms. The van der Waals surface area contributed by atoms with E-state index in [0.29, 0.717) is 19.4 Å². The van der Waals surface area contributed by atoms with Gasteiger partial charge in [-0.15, -0.1) is 0 Å². The molecule has 1 amide bonds. The van der Waals surface area contributed by atoms with Gasteiger partial charge in [-0.05, 0) is 103 Å². The van der Waals surface area contributed by atoms with Crippen molar-refractivity contribution in [3.8, 4) is 0 Å². The number of rotatable bonds is 60. The molecule has 11 heteroatoms. The maximum absolute atomic E-state index is 13.0. The summed E-state index contributed by atoms with van der Waals surface area (Å²) in [5.74, 6) is -0.204. The fraction of sp³-hybridized carbons (Fsp3) is 0.806. The smallest absolute Gasteiger partial charge is 0.305 e. The van der Waals surface area contributed by atoms with Crippen molar-refractivity contribution in [3.63, 3.8) is 0 Å². The van der Waals surface area contributed by atoms with E-state index in [1.165, 1.54) is 212 Å². The van der Waals surface area contributed by atoms with E-state index in [1.54, 1.807) is 6.08 Å². The first-order chi connectivity index (χ1) is 40.7. The van der Waals surface area contributed by atoms with Crippen LogP contribution in [-0.4, -0.2) is 100 Å². The lowest BCUT2D eigenvalue weighted by molar-refractivity contribution is -0.302. The number of carbonyl (C=O) groups excluding carboxylic acids is 2. The van der Waals surface area contributed by atoms with Gasteiger partial charge < -0.3 is 45.1 Å². The SMILES string of the molecule is CCCC/C=C\C/C=C\CCCCCCCC(=O)OCCCCCCCCCCC/C=C\C/C=C\CCCCCCCCCCCCCCCCCC(=O)NC(COC1OC(CO)C(O)C(O)C1O)C(O)/C=C/CC/C=C/CCCCCC. The van der Waals surface area contributed by atoms with Crippen LogP contribution >= 0.6 is 0 Å². The first-order valence-corrected chi connectivity index (χ1v) is 34.7. The standard InChI is InChI=1S/C72H129NO10/c1-3-5-7-9-11-13-15-16-37-40-44-48-52-56-60-68(77)81-61-57-53-49-45-41-38-35-33-31-29-27-25-23-21-19-17-18-20-22-24-26-28-30-32-34-36-39-43-47-51-55-59-67(76)73-64(63-82-72-71(80)70(79)69(78)66(62-74)83-72)65(75)58-54-50-46-42-14-12-10-8-6-4-2/h9,11,14-16,19,21,25,27,42,54,58,64-66,69-72,74-75,78-80H,3-8,10,12-13,17-18,20,22-24,26,28-41,43-53,55-57,59-63H2,1-2H3,(H,73,76)/b11-9-,16-15-,21-19-,27-25-,42-14+,58-54+. The molecular weight excluding hydrogens is 1040 g/mol. The zero-order chi connectivity index (χ0) is 60.2. The number of aliphatic hydroxyl groups is 5. The summed E-state index contributed by atoms with van der Waals surface area (Å²) in [6, 6.07) is -0.827. The summed E-state index contributed by atoms with van der Waals surface area (Å²) in [5, 5.41) is 54.3. The van der Waals surface area contributed by atoms with Crippen LogP contribution < -0.4 is 5.32 Å². The van der Waals surface area contributed by atoms with Crippen LogP contribution in [0, 0.1) is 0 Å². The maximum Gasteiger partial charge on any atom is 0.305 e. The number of esters is 1. The Balaban J connectivity index is 1.95. The number of carbonyl (C=O) groups is 2. The van der Waals surface area contributed by atoms with Gasteiger partial charge in [-0.2, -0.15) is 0 Å². The Morgan fingerprint density at radius 3 is 1.30 bits per heavy atom. The van der Waals surface area contributed by atoms with Gasteiger partial charge in [-0.3, -0.25) is 9.59 Å². The largest absolute Gasteiger partial charge is 0.466 e. The Labute approximate surface area is 509 Å². The second-order valence-corrected chi connectivity index (χ2v) is 23.9. The van der Waals surface area contributed by atoms with Crippen LogP contribution in [0.1, 0.15) is 309 Å². The van der Waals surface area contributed by atoms with Crippen molar-refractivity contribution >= 4 is 11.9 Å². The zero-order valence-electron chi connectivity index (χ0n) is 53.4. The fourth-order valence-corrected chi connectivity index (χ4v) is 10.5. The highest BCUT2D eigenvalue weighted by Gasteiger charge is 2.44. The number of unbranched alkanes of at least 4 members (excludes halogenated alkanes) is 36. The first-order valence-electron chi connectivity index (χ1n) is 34.7. The van der Waals surface area contributed by atoms with E-state index in [4.69, 9.17) is 14.2 Å². The van der Waals surface area contributed by atoms with Crippen LogP contribution in [0.4, 0.5) is 0 Å². The van der Waals surface area contributed by atoms with Crippen molar-refractivity contribution in [3.05, 3.63) is 72.9 Å². The summed E-state index contributed by atoms with van der Waals surface area (Å²) in [4.78, 5) is 25.1. The topological polar surface area (TPSA) is 175 Å². The van der Waals surface area contributed by atoms with Gasteiger partial charge in [0.05, 0.1) is 32.0 Å². The Bertz CT molecular complexity index is 1610. The molecule has 1 aliphatic heterocycles. The Kier molecular flexibility index (Phi) is 57.2. The normalized spacial score (nSPS) is 18.6. The lowest BCUT2D eigenvalue weighted by atomic mass is 9.99. The average molecular weight is 1170 g/mol. The third-order valence-electron chi connectivity index (χ3n) is 16.0. The summed E-state index contributed by atoms with van der Waals surface area (Å²) in [5.41, 5.74) is 0. The molecule has 83 heavy (non-hydrogen) atoms. The Hall–Kier alpha value is -2.90. The lowest BCUT2D eigenvalue weighted by Gasteiger charge is -2.40. The minimum absolute atomic E-state index is 0.0103. The summed E-state index contributed by atoms with van der Waals surface area (Å²) in [6.45, 7) is 4.25. The molecule has 7 atom stereocenters. The van der Waals surface area contributed by atoms with E-state index in [0.717, 1.165) is 70.6 Å². The van der Waals surface area contributed by atoms with Gasteiger partial charge in [0.1, 0.15) is 24.4 Å². The highest BCUT2D eigenvalue weighted by atomic mass is 16.7. The van der Waals surface area contributed by atoms with E-state index in [1.807, 2.05) is 6.08 Å². The molecule has 0 saturated carbocycles. The van der Waals surface area contributed by atoms with Gasteiger partial charge >= 0.3 is 5.97 Å². The second kappa shape index (κ2) is 60.8. The predicted molar refractivity (Wildman–Crippen MR) is 347 cm³/mol. The molecule has 6 N–H and O–H groups in total. The van der Waals surface area contributed by atoms with Crippen LogP contribution in [0.3, 0.4) is 0 Å². The molecule has 1 saturated heterocycles. The number of hydrogen-bond acceptors (Lipinski definition) is 10. The second-order valence-electron chi connectivity index (χ2n) is 23.9. The van der Waals surface area contributed by atoms with E-state index < -0.39 is 49.5 Å². The highest BCUT2D eigenvalue weighted by molar-refractivity contribution is 5.76. The number of nitrogens with one attached hydrogen (secondary N) is 1. The zero-order valence-corrected chi connectivity index (χ0v) is 53.4. The summed E-state index contributed by atoms with van der Waals surface area (Å²) in [6.07, 6.45) is 71.9. The molecular formula is C72H129NO10. The van der Waals surface area contributed by atoms with Crippen LogP contribution in [0.25, 0.3) is 0 Å². The van der Waals surface area contributed by atoms with Gasteiger partial charge in [0.15, 0.2) is 6.29 Å². The van der Waals surface area contributed by atoms with Gasteiger partial charge in [0, 0.05) is 12.8 Å². The molecule has 1 fully saturated rings. The maximum atomic E-state index is 13.0. The molecule has 1 aliphatic rings. The number of hydrogen-bond donors (Lipinski definition) is 6. The van der Waals surface area contributed by atoms with Crippen LogP contribution in [0.5, 0.6) is 0 Å². The molecule has 11 nitrogen and oxygen atoms in total. The Morgan fingerprint density at radius 1 is 0.446 bits per heavy atom. The molecule has 1 rings (SSSR count). The van der Waals surface area contributed by atoms with Crippen molar-refractivity contribution in [1.29, 1.82) is 0 Å². The number of aliphatic hydroxyl groups excluding tert-OH is 5. The number of allylic oxidation sites excluding steroid dienone is 11. The lowest BCUT2D eigenvalue weighted by Crippen LogP contribution is -2.60. The molecule has 0 aromatic carbocycles. The minimum atomic E-state index is -1.58. The molecule has 0 aromatic heterocycles. The summed E-state index contributed by atoms with van der Waals surface area (Å²) in [7, 11) is 0. The van der Waals surface area contributed by atoms with Crippen molar-refractivity contribution in [2.45, 2.75) is 352 Å². The molecule has 1 heterocycles. The monoisotopic (exact) mass is 1170 g/mol. The predicted octanol–water partition coefficient (Wildman–Crippen LogP) is 17.5. The average Bonchev–Trinajstić information content (AvgIpc) is 3.69. The first kappa shape index (κ1) is 78.1.